The maximum absolute atomic E-state index is 11.7. The Morgan fingerprint density at radius 2 is 1.07 bits per heavy atom. The molecule has 0 aromatic rings. The van der Waals surface area contributed by atoms with Gasteiger partial charge in [0.1, 0.15) is 0 Å². The van der Waals surface area contributed by atoms with E-state index in [2.05, 4.69) is 13.8 Å². The number of hydrogen-bond acceptors (Lipinski definition) is 3. The molecule has 4 heteroatoms. The smallest absolute Gasteiger partial charge is 0.305 e. The van der Waals surface area contributed by atoms with Crippen molar-refractivity contribution in [2.75, 3.05) is 6.61 Å². The number of hydrogen-bond donors (Lipinski definition) is 1. The Labute approximate surface area is 173 Å². The molecular weight excluding hydrogens is 352 g/mol. The molecule has 1 N–H and O–H groups in total. The lowest BCUT2D eigenvalue weighted by molar-refractivity contribution is -0.144. The average Bonchev–Trinajstić information content (AvgIpc) is 2.64. The summed E-state index contributed by atoms with van der Waals surface area (Å²) in [6.45, 7) is 5.17. The minimum absolute atomic E-state index is 0.0627. The molecule has 0 heterocycles. The van der Waals surface area contributed by atoms with E-state index >= 15 is 0 Å². The predicted octanol–water partition coefficient (Wildman–Crippen LogP) is 7.29. The Balaban J connectivity index is 3.18. The van der Waals surface area contributed by atoms with Gasteiger partial charge in [0.15, 0.2) is 0 Å². The zero-order valence-electron chi connectivity index (χ0n) is 18.7. The van der Waals surface area contributed by atoms with E-state index < -0.39 is 5.97 Å². The number of carboxylic acid groups (broad SMARTS) is 1. The fraction of sp³-hybridized carbons (Fsp3) is 0.917. The molecular formula is C24H46O4. The van der Waals surface area contributed by atoms with E-state index in [4.69, 9.17) is 9.84 Å². The maximum Gasteiger partial charge on any atom is 0.305 e. The van der Waals surface area contributed by atoms with Gasteiger partial charge in [0.2, 0.25) is 0 Å². The van der Waals surface area contributed by atoms with E-state index in [9.17, 15) is 9.59 Å². The first-order valence-corrected chi connectivity index (χ1v) is 11.9. The fourth-order valence-corrected chi connectivity index (χ4v) is 3.40. The summed E-state index contributed by atoms with van der Waals surface area (Å²) in [4.78, 5) is 22.1. The molecule has 0 rings (SSSR count). The van der Waals surface area contributed by atoms with Crippen LogP contribution in [-0.4, -0.2) is 23.7 Å². The molecule has 0 fully saturated rings. The van der Waals surface area contributed by atoms with Crippen molar-refractivity contribution in [2.45, 2.75) is 129 Å². The quantitative estimate of drug-likeness (QED) is 0.163. The van der Waals surface area contributed by atoms with Crippen LogP contribution in [0.15, 0.2) is 0 Å². The van der Waals surface area contributed by atoms with Crippen molar-refractivity contribution in [2.24, 2.45) is 5.92 Å². The summed E-state index contributed by atoms with van der Waals surface area (Å²) in [5.74, 6) is 0.0681. The van der Waals surface area contributed by atoms with Gasteiger partial charge in [-0.15, -0.1) is 0 Å². The van der Waals surface area contributed by atoms with Gasteiger partial charge < -0.3 is 9.84 Å². The highest BCUT2D eigenvalue weighted by Crippen LogP contribution is 2.13. The van der Waals surface area contributed by atoms with E-state index in [1.807, 2.05) is 0 Å². The molecule has 0 aromatic carbocycles. The number of ether oxygens (including phenoxy) is 1. The molecule has 0 atom stereocenters. The van der Waals surface area contributed by atoms with E-state index in [0.29, 0.717) is 13.0 Å². The molecule has 0 radical (unpaired) electrons. The van der Waals surface area contributed by atoms with Gasteiger partial charge >= 0.3 is 11.9 Å². The van der Waals surface area contributed by atoms with Crippen LogP contribution >= 0.6 is 0 Å². The minimum atomic E-state index is -0.713. The maximum atomic E-state index is 11.7. The second-order valence-corrected chi connectivity index (χ2v) is 8.60. The molecule has 0 aliphatic heterocycles. The lowest BCUT2D eigenvalue weighted by Crippen LogP contribution is -2.05. The Hall–Kier alpha value is -1.06. The van der Waals surface area contributed by atoms with Crippen LogP contribution in [0.3, 0.4) is 0 Å². The highest BCUT2D eigenvalue weighted by Gasteiger charge is 2.03. The second-order valence-electron chi connectivity index (χ2n) is 8.60. The third-order valence-electron chi connectivity index (χ3n) is 5.21. The first-order chi connectivity index (χ1) is 13.5. The highest BCUT2D eigenvalue weighted by molar-refractivity contribution is 5.69. The number of carboxylic acids is 1. The molecule has 166 valence electrons. The van der Waals surface area contributed by atoms with Crippen LogP contribution in [0.25, 0.3) is 0 Å². The summed E-state index contributed by atoms with van der Waals surface area (Å²) in [5.41, 5.74) is 0. The van der Waals surface area contributed by atoms with Crippen molar-refractivity contribution >= 4 is 11.9 Å². The summed E-state index contributed by atoms with van der Waals surface area (Å²) >= 11 is 0. The molecule has 0 unspecified atom stereocenters. The van der Waals surface area contributed by atoms with Gasteiger partial charge in [-0.3, -0.25) is 9.59 Å². The Kier molecular flexibility index (Phi) is 19.9. The lowest BCUT2D eigenvalue weighted by atomic mass is 10.0. The Bertz CT molecular complexity index is 366. The van der Waals surface area contributed by atoms with Gasteiger partial charge in [-0.1, -0.05) is 97.3 Å². The van der Waals surface area contributed by atoms with Crippen LogP contribution in [0.2, 0.25) is 0 Å². The van der Waals surface area contributed by atoms with Crippen LogP contribution in [-0.2, 0) is 14.3 Å². The van der Waals surface area contributed by atoms with E-state index in [1.165, 1.54) is 51.4 Å². The van der Waals surface area contributed by atoms with Gasteiger partial charge in [0, 0.05) is 12.8 Å². The summed E-state index contributed by atoms with van der Waals surface area (Å²) in [6, 6.07) is 0. The van der Waals surface area contributed by atoms with Crippen LogP contribution < -0.4 is 0 Å². The van der Waals surface area contributed by atoms with E-state index in [0.717, 1.165) is 57.3 Å². The van der Waals surface area contributed by atoms with Crippen molar-refractivity contribution in [3.8, 4) is 0 Å². The summed E-state index contributed by atoms with van der Waals surface area (Å²) in [5, 5.41) is 8.56. The number of carbonyl (C=O) groups is 2. The van der Waals surface area contributed by atoms with Gasteiger partial charge in [0.05, 0.1) is 6.61 Å². The number of unbranched alkanes of at least 4 members (excludes halogenated alkanes) is 13. The lowest BCUT2D eigenvalue weighted by Gasteiger charge is -2.06. The van der Waals surface area contributed by atoms with E-state index in [1.54, 1.807) is 0 Å². The summed E-state index contributed by atoms with van der Waals surface area (Å²) in [7, 11) is 0. The van der Waals surface area contributed by atoms with Crippen molar-refractivity contribution in [3.05, 3.63) is 0 Å². The third-order valence-corrected chi connectivity index (χ3v) is 5.21. The number of esters is 1. The van der Waals surface area contributed by atoms with Crippen molar-refractivity contribution in [1.29, 1.82) is 0 Å². The monoisotopic (exact) mass is 398 g/mol. The number of aliphatic carboxylic acids is 1. The molecule has 28 heavy (non-hydrogen) atoms. The first-order valence-electron chi connectivity index (χ1n) is 11.9. The Morgan fingerprint density at radius 1 is 0.643 bits per heavy atom. The molecule has 0 saturated heterocycles. The number of rotatable bonds is 21. The highest BCUT2D eigenvalue weighted by atomic mass is 16.5. The third kappa shape index (κ3) is 23.0. The van der Waals surface area contributed by atoms with Crippen molar-refractivity contribution < 1.29 is 19.4 Å². The largest absolute Gasteiger partial charge is 0.481 e. The van der Waals surface area contributed by atoms with Gasteiger partial charge in [-0.2, -0.15) is 0 Å². The van der Waals surface area contributed by atoms with Crippen LogP contribution in [0.4, 0.5) is 0 Å². The topological polar surface area (TPSA) is 63.6 Å². The predicted molar refractivity (Wildman–Crippen MR) is 117 cm³/mol. The normalized spacial score (nSPS) is 11.1. The van der Waals surface area contributed by atoms with Gasteiger partial charge in [-0.05, 0) is 25.2 Å². The number of carbonyl (C=O) groups excluding carboxylic acids is 1. The molecule has 0 amide bonds. The van der Waals surface area contributed by atoms with Gasteiger partial charge in [-0.25, -0.2) is 0 Å². The van der Waals surface area contributed by atoms with Crippen molar-refractivity contribution in [3.63, 3.8) is 0 Å². The molecule has 0 bridgehead atoms. The molecule has 0 spiro atoms. The van der Waals surface area contributed by atoms with Crippen molar-refractivity contribution in [1.82, 2.24) is 0 Å². The molecule has 0 aliphatic carbocycles. The average molecular weight is 399 g/mol. The SMILES string of the molecule is CC(C)CCCCCCCCCCCOC(=O)CCCCCCCCC(=O)O. The molecule has 0 aromatic heterocycles. The Morgan fingerprint density at radius 3 is 1.57 bits per heavy atom. The standard InChI is InChI=1S/C24H46O4/c1-22(2)18-14-10-6-4-3-5-9-13-17-21-28-24(27)20-16-12-8-7-11-15-19-23(25)26/h22H,3-21H2,1-2H3,(H,25,26). The molecule has 4 nitrogen and oxygen atoms in total. The fourth-order valence-electron chi connectivity index (χ4n) is 3.40. The van der Waals surface area contributed by atoms with E-state index in [-0.39, 0.29) is 12.4 Å². The van der Waals surface area contributed by atoms with Crippen LogP contribution in [0, 0.1) is 5.92 Å². The zero-order valence-corrected chi connectivity index (χ0v) is 18.7. The first kappa shape index (κ1) is 26.9. The zero-order chi connectivity index (χ0) is 20.9. The molecule has 0 aliphatic rings. The van der Waals surface area contributed by atoms with Gasteiger partial charge in [0.25, 0.3) is 0 Å². The van der Waals surface area contributed by atoms with Crippen LogP contribution in [0.1, 0.15) is 129 Å². The molecule has 0 saturated carbocycles. The minimum Gasteiger partial charge on any atom is -0.481 e. The summed E-state index contributed by atoms with van der Waals surface area (Å²) < 4.78 is 5.30. The van der Waals surface area contributed by atoms with Crippen LogP contribution in [0.5, 0.6) is 0 Å². The summed E-state index contributed by atoms with van der Waals surface area (Å²) in [6.07, 6.45) is 19.5. The second kappa shape index (κ2) is 20.7.